The quantitative estimate of drug-likeness (QED) is 0.880. The second-order valence-electron chi connectivity index (χ2n) is 5.31. The molecule has 3 N–H and O–H groups in total. The van der Waals surface area contributed by atoms with Gasteiger partial charge in [0.1, 0.15) is 11.6 Å². The highest BCUT2D eigenvalue weighted by molar-refractivity contribution is 5.36. The first-order valence-electron chi connectivity index (χ1n) is 6.92. The Labute approximate surface area is 114 Å². The van der Waals surface area contributed by atoms with Crippen LogP contribution in [-0.4, -0.2) is 20.2 Å². The van der Waals surface area contributed by atoms with Crippen LogP contribution in [0, 0.1) is 11.7 Å². The van der Waals surface area contributed by atoms with Gasteiger partial charge in [0.25, 0.3) is 0 Å². The van der Waals surface area contributed by atoms with Crippen LogP contribution in [-0.2, 0) is 0 Å². The van der Waals surface area contributed by atoms with Gasteiger partial charge in [0, 0.05) is 17.6 Å². The minimum Gasteiger partial charge on any atom is -0.496 e. The molecule has 1 atom stereocenters. The molecule has 0 bridgehead atoms. The lowest BCUT2D eigenvalue weighted by atomic mass is 9.79. The first-order valence-corrected chi connectivity index (χ1v) is 6.92. The van der Waals surface area contributed by atoms with Gasteiger partial charge in [-0.25, -0.2) is 4.39 Å². The van der Waals surface area contributed by atoms with Crippen LogP contribution in [0.25, 0.3) is 0 Å². The van der Waals surface area contributed by atoms with Gasteiger partial charge in [-0.05, 0) is 56.8 Å². The van der Waals surface area contributed by atoms with Gasteiger partial charge >= 0.3 is 0 Å². The Bertz CT molecular complexity index is 417. The Morgan fingerprint density at radius 2 is 2.00 bits per heavy atom. The third-order valence-corrected chi connectivity index (χ3v) is 4.24. The standard InChI is InChI=1S/C15H23FN2O/c1-18-12-6-3-10(4-7-12)15(17)13-9-11(16)5-8-14(13)19-2/h5,8-10,12,15,18H,3-4,6-7,17H2,1-2H3. The van der Waals surface area contributed by atoms with Gasteiger partial charge in [-0.15, -0.1) is 0 Å². The van der Waals surface area contributed by atoms with Crippen LogP contribution in [0.5, 0.6) is 5.75 Å². The summed E-state index contributed by atoms with van der Waals surface area (Å²) < 4.78 is 18.7. The number of methoxy groups -OCH3 is 1. The minimum absolute atomic E-state index is 0.150. The number of rotatable bonds is 4. The number of nitrogens with one attached hydrogen (secondary N) is 1. The fraction of sp³-hybridized carbons (Fsp3) is 0.600. The monoisotopic (exact) mass is 266 g/mol. The molecule has 1 aliphatic rings. The van der Waals surface area contributed by atoms with Crippen molar-refractivity contribution in [2.24, 2.45) is 11.7 Å². The van der Waals surface area contributed by atoms with E-state index in [-0.39, 0.29) is 11.9 Å². The van der Waals surface area contributed by atoms with Crippen LogP contribution >= 0.6 is 0 Å². The second-order valence-corrected chi connectivity index (χ2v) is 5.31. The molecule has 0 aliphatic heterocycles. The molecule has 1 aromatic rings. The van der Waals surface area contributed by atoms with Crippen molar-refractivity contribution >= 4 is 0 Å². The van der Waals surface area contributed by atoms with E-state index in [2.05, 4.69) is 5.32 Å². The van der Waals surface area contributed by atoms with E-state index in [0.29, 0.717) is 17.7 Å². The van der Waals surface area contributed by atoms with E-state index >= 15 is 0 Å². The zero-order valence-corrected chi connectivity index (χ0v) is 11.7. The summed E-state index contributed by atoms with van der Waals surface area (Å²) in [5.41, 5.74) is 7.12. The largest absolute Gasteiger partial charge is 0.496 e. The average molecular weight is 266 g/mol. The van der Waals surface area contributed by atoms with E-state index in [0.717, 1.165) is 31.2 Å². The van der Waals surface area contributed by atoms with Gasteiger partial charge in [0.15, 0.2) is 0 Å². The SMILES string of the molecule is CNC1CCC(C(N)c2cc(F)ccc2OC)CC1. The molecule has 106 valence electrons. The first-order chi connectivity index (χ1) is 9.15. The lowest BCUT2D eigenvalue weighted by Gasteiger charge is -2.32. The van der Waals surface area contributed by atoms with Crippen molar-refractivity contribution in [3.63, 3.8) is 0 Å². The lowest BCUT2D eigenvalue weighted by molar-refractivity contribution is 0.263. The van der Waals surface area contributed by atoms with E-state index < -0.39 is 0 Å². The highest BCUT2D eigenvalue weighted by atomic mass is 19.1. The average Bonchev–Trinajstić information content (AvgIpc) is 2.46. The molecule has 0 aromatic heterocycles. The number of nitrogens with two attached hydrogens (primary N) is 1. The Hall–Kier alpha value is -1.13. The fourth-order valence-electron chi connectivity index (χ4n) is 2.99. The third kappa shape index (κ3) is 3.25. The Morgan fingerprint density at radius 1 is 1.32 bits per heavy atom. The zero-order valence-electron chi connectivity index (χ0n) is 11.7. The third-order valence-electron chi connectivity index (χ3n) is 4.24. The first kappa shape index (κ1) is 14.3. The molecule has 1 aromatic carbocycles. The second kappa shape index (κ2) is 6.35. The van der Waals surface area contributed by atoms with Crippen LogP contribution in [0.4, 0.5) is 4.39 Å². The Kier molecular flexibility index (Phi) is 4.77. The number of benzene rings is 1. The normalized spacial score (nSPS) is 25.1. The molecule has 1 fully saturated rings. The van der Waals surface area contributed by atoms with Crippen molar-refractivity contribution in [1.82, 2.24) is 5.32 Å². The molecule has 0 amide bonds. The van der Waals surface area contributed by atoms with Crippen LogP contribution in [0.1, 0.15) is 37.3 Å². The van der Waals surface area contributed by atoms with E-state index in [4.69, 9.17) is 10.5 Å². The molecule has 4 heteroatoms. The molecule has 3 nitrogen and oxygen atoms in total. The molecule has 1 saturated carbocycles. The maximum atomic E-state index is 13.4. The summed E-state index contributed by atoms with van der Waals surface area (Å²) in [7, 11) is 3.60. The maximum Gasteiger partial charge on any atom is 0.123 e. The van der Waals surface area contributed by atoms with Gasteiger partial charge < -0.3 is 15.8 Å². The fourth-order valence-corrected chi connectivity index (χ4v) is 2.99. The number of hydrogen-bond acceptors (Lipinski definition) is 3. The molecular weight excluding hydrogens is 243 g/mol. The predicted octanol–water partition coefficient (Wildman–Crippen LogP) is 2.61. The van der Waals surface area contributed by atoms with Gasteiger partial charge in [-0.1, -0.05) is 0 Å². The van der Waals surface area contributed by atoms with Gasteiger partial charge in [-0.3, -0.25) is 0 Å². The summed E-state index contributed by atoms with van der Waals surface area (Å²) >= 11 is 0. The van der Waals surface area contributed by atoms with Crippen LogP contribution < -0.4 is 15.8 Å². The summed E-state index contributed by atoms with van der Waals surface area (Å²) in [6, 6.07) is 5.02. The van der Waals surface area contributed by atoms with Crippen molar-refractivity contribution in [2.45, 2.75) is 37.8 Å². The van der Waals surface area contributed by atoms with E-state index in [1.165, 1.54) is 12.1 Å². The van der Waals surface area contributed by atoms with Crippen LogP contribution in [0.15, 0.2) is 18.2 Å². The minimum atomic E-state index is -0.254. The summed E-state index contributed by atoms with van der Waals surface area (Å²) in [4.78, 5) is 0. The molecular formula is C15H23FN2O. The predicted molar refractivity (Wildman–Crippen MR) is 74.7 cm³/mol. The van der Waals surface area contributed by atoms with Crippen molar-refractivity contribution in [1.29, 1.82) is 0 Å². The van der Waals surface area contributed by atoms with Gasteiger partial charge in [-0.2, -0.15) is 0 Å². The molecule has 0 saturated heterocycles. The van der Waals surface area contributed by atoms with Gasteiger partial charge in [0.05, 0.1) is 7.11 Å². The van der Waals surface area contributed by atoms with Gasteiger partial charge in [0.2, 0.25) is 0 Å². The molecule has 1 unspecified atom stereocenters. The molecule has 1 aliphatic carbocycles. The Morgan fingerprint density at radius 3 is 2.58 bits per heavy atom. The van der Waals surface area contributed by atoms with Crippen molar-refractivity contribution in [3.8, 4) is 5.75 Å². The highest BCUT2D eigenvalue weighted by Crippen LogP contribution is 2.36. The van der Waals surface area contributed by atoms with Crippen molar-refractivity contribution < 1.29 is 9.13 Å². The summed E-state index contributed by atoms with van der Waals surface area (Å²) in [5.74, 6) is 0.833. The molecule has 19 heavy (non-hydrogen) atoms. The van der Waals surface area contributed by atoms with E-state index in [1.54, 1.807) is 13.2 Å². The highest BCUT2D eigenvalue weighted by Gasteiger charge is 2.27. The van der Waals surface area contributed by atoms with Crippen molar-refractivity contribution in [2.75, 3.05) is 14.2 Å². The summed E-state index contributed by atoms with van der Waals surface area (Å²) in [5, 5.41) is 3.31. The molecule has 0 spiro atoms. The van der Waals surface area contributed by atoms with E-state index in [1.807, 2.05) is 7.05 Å². The number of ether oxygens (including phenoxy) is 1. The van der Waals surface area contributed by atoms with Crippen LogP contribution in [0.3, 0.4) is 0 Å². The number of hydrogen-bond donors (Lipinski definition) is 2. The summed E-state index contributed by atoms with van der Waals surface area (Å²) in [6.07, 6.45) is 4.41. The van der Waals surface area contributed by atoms with E-state index in [9.17, 15) is 4.39 Å². The topological polar surface area (TPSA) is 47.3 Å². The summed E-state index contributed by atoms with van der Waals surface area (Å²) in [6.45, 7) is 0. The molecule has 0 radical (unpaired) electrons. The maximum absolute atomic E-state index is 13.4. The lowest BCUT2D eigenvalue weighted by Crippen LogP contribution is -2.34. The van der Waals surface area contributed by atoms with Crippen molar-refractivity contribution in [3.05, 3.63) is 29.6 Å². The smallest absolute Gasteiger partial charge is 0.123 e. The molecule has 2 rings (SSSR count). The molecule has 0 heterocycles. The van der Waals surface area contributed by atoms with Crippen LogP contribution in [0.2, 0.25) is 0 Å². The Balaban J connectivity index is 2.11. The zero-order chi connectivity index (χ0) is 13.8. The number of halogens is 1.